The van der Waals surface area contributed by atoms with Gasteiger partial charge in [0.05, 0.1) is 5.38 Å². The maximum Gasteiger partial charge on any atom is 0.160 e. The fraction of sp³-hybridized carbons (Fsp3) is 0.538. The zero-order chi connectivity index (χ0) is 12.8. The largest absolute Gasteiger partial charge is 0.310 e. The number of imidazole rings is 1. The fourth-order valence-corrected chi connectivity index (χ4v) is 3.23. The Morgan fingerprint density at radius 2 is 2.33 bits per heavy atom. The van der Waals surface area contributed by atoms with Crippen LogP contribution in [0.5, 0.6) is 0 Å². The molecule has 0 aliphatic heterocycles. The molecule has 0 amide bonds. The molecular weight excluding hydrogens is 266 g/mol. The SMILES string of the molecule is CSC1(Cn2c(C(C)Cl)nc3cccnc32)CC1. The van der Waals surface area contributed by atoms with Crippen molar-refractivity contribution in [2.75, 3.05) is 6.26 Å². The number of hydrogen-bond donors (Lipinski definition) is 0. The topological polar surface area (TPSA) is 30.7 Å². The number of hydrogen-bond acceptors (Lipinski definition) is 3. The van der Waals surface area contributed by atoms with E-state index in [1.165, 1.54) is 12.8 Å². The summed E-state index contributed by atoms with van der Waals surface area (Å²) in [5.41, 5.74) is 1.90. The molecule has 1 aliphatic carbocycles. The number of rotatable bonds is 4. The molecule has 0 spiro atoms. The molecule has 1 fully saturated rings. The van der Waals surface area contributed by atoms with E-state index in [0.29, 0.717) is 4.75 Å². The number of halogens is 1. The lowest BCUT2D eigenvalue weighted by molar-refractivity contribution is 0.635. The summed E-state index contributed by atoms with van der Waals surface area (Å²) < 4.78 is 2.59. The Hall–Kier alpha value is -0.740. The zero-order valence-corrected chi connectivity index (χ0v) is 12.1. The summed E-state index contributed by atoms with van der Waals surface area (Å²) in [4.78, 5) is 9.08. The molecule has 1 atom stereocenters. The Labute approximate surface area is 116 Å². The van der Waals surface area contributed by atoms with E-state index >= 15 is 0 Å². The smallest absolute Gasteiger partial charge is 0.160 e. The van der Waals surface area contributed by atoms with Crippen LogP contribution in [0.4, 0.5) is 0 Å². The highest BCUT2D eigenvalue weighted by Gasteiger charge is 2.43. The molecule has 1 aliphatic rings. The molecule has 0 radical (unpaired) electrons. The molecule has 0 saturated heterocycles. The van der Waals surface area contributed by atoms with Gasteiger partial charge in [-0.1, -0.05) is 0 Å². The Bertz CT molecular complexity index is 575. The van der Waals surface area contributed by atoms with Crippen molar-refractivity contribution in [3.8, 4) is 0 Å². The number of nitrogens with zero attached hydrogens (tertiary/aromatic N) is 3. The van der Waals surface area contributed by atoms with Crippen LogP contribution in [0.25, 0.3) is 11.2 Å². The molecule has 1 saturated carbocycles. The van der Waals surface area contributed by atoms with Crippen molar-refractivity contribution >= 4 is 34.5 Å². The second-order valence-electron chi connectivity index (χ2n) is 4.91. The first-order valence-electron chi connectivity index (χ1n) is 6.16. The maximum atomic E-state index is 6.25. The molecule has 0 N–H and O–H groups in total. The van der Waals surface area contributed by atoms with Gasteiger partial charge < -0.3 is 4.57 Å². The van der Waals surface area contributed by atoms with Crippen LogP contribution in [0.3, 0.4) is 0 Å². The number of fused-ring (bicyclic) bond motifs is 1. The fourth-order valence-electron chi connectivity index (χ4n) is 2.29. The van der Waals surface area contributed by atoms with Crippen LogP contribution in [0.1, 0.15) is 31.0 Å². The Balaban J connectivity index is 2.09. The predicted octanol–water partition coefficient (Wildman–Crippen LogP) is 3.63. The van der Waals surface area contributed by atoms with Crippen molar-refractivity contribution in [2.45, 2.75) is 36.4 Å². The molecule has 96 valence electrons. The summed E-state index contributed by atoms with van der Waals surface area (Å²) in [6.45, 7) is 2.94. The zero-order valence-electron chi connectivity index (χ0n) is 10.6. The van der Waals surface area contributed by atoms with Crippen LogP contribution in [0.15, 0.2) is 18.3 Å². The van der Waals surface area contributed by atoms with Gasteiger partial charge >= 0.3 is 0 Å². The number of thioether (sulfide) groups is 1. The molecule has 2 aromatic heterocycles. The van der Waals surface area contributed by atoms with Crippen LogP contribution in [-0.4, -0.2) is 25.5 Å². The summed E-state index contributed by atoms with van der Waals surface area (Å²) >= 11 is 8.20. The van der Waals surface area contributed by atoms with Crippen LogP contribution in [-0.2, 0) is 6.54 Å². The third-order valence-corrected chi connectivity index (χ3v) is 5.17. The quantitative estimate of drug-likeness (QED) is 0.802. The van der Waals surface area contributed by atoms with E-state index < -0.39 is 0 Å². The van der Waals surface area contributed by atoms with E-state index in [1.807, 2.05) is 37.0 Å². The summed E-state index contributed by atoms with van der Waals surface area (Å²) in [6, 6.07) is 3.92. The Kier molecular flexibility index (Phi) is 3.02. The van der Waals surface area contributed by atoms with Gasteiger partial charge in [0.2, 0.25) is 0 Å². The molecule has 0 aromatic carbocycles. The van der Waals surface area contributed by atoms with Crippen molar-refractivity contribution in [1.82, 2.24) is 14.5 Å². The van der Waals surface area contributed by atoms with Crippen molar-refractivity contribution in [2.24, 2.45) is 0 Å². The number of alkyl halides is 1. The lowest BCUT2D eigenvalue weighted by atomic mass is 10.3. The molecule has 1 unspecified atom stereocenters. The second kappa shape index (κ2) is 4.42. The molecule has 18 heavy (non-hydrogen) atoms. The van der Waals surface area contributed by atoms with Crippen LogP contribution >= 0.6 is 23.4 Å². The first kappa shape index (κ1) is 12.3. The van der Waals surface area contributed by atoms with Gasteiger partial charge in [-0.05, 0) is 38.2 Å². The molecular formula is C13H16ClN3S. The summed E-state index contributed by atoms with van der Waals surface area (Å²) in [7, 11) is 0. The molecule has 0 bridgehead atoms. The van der Waals surface area contributed by atoms with Crippen molar-refractivity contribution in [3.63, 3.8) is 0 Å². The van der Waals surface area contributed by atoms with Crippen molar-refractivity contribution in [1.29, 1.82) is 0 Å². The molecule has 2 heterocycles. The van der Waals surface area contributed by atoms with E-state index in [-0.39, 0.29) is 5.38 Å². The van der Waals surface area contributed by atoms with Crippen molar-refractivity contribution in [3.05, 3.63) is 24.2 Å². The maximum absolute atomic E-state index is 6.25. The van der Waals surface area contributed by atoms with Gasteiger partial charge in [-0.25, -0.2) is 9.97 Å². The lowest BCUT2D eigenvalue weighted by Crippen LogP contribution is -2.16. The van der Waals surface area contributed by atoms with Crippen LogP contribution in [0.2, 0.25) is 0 Å². The third kappa shape index (κ3) is 2.01. The first-order valence-corrected chi connectivity index (χ1v) is 7.82. The highest BCUT2D eigenvalue weighted by Crippen LogP contribution is 2.49. The van der Waals surface area contributed by atoms with Crippen LogP contribution in [0, 0.1) is 0 Å². The summed E-state index contributed by atoms with van der Waals surface area (Å²) in [6.07, 6.45) is 6.55. The van der Waals surface area contributed by atoms with Gasteiger partial charge in [0, 0.05) is 17.5 Å². The van der Waals surface area contributed by atoms with E-state index in [4.69, 9.17) is 11.6 Å². The normalized spacial score (nSPS) is 19.1. The predicted molar refractivity (Wildman–Crippen MR) is 77.3 cm³/mol. The van der Waals surface area contributed by atoms with E-state index in [1.54, 1.807) is 0 Å². The highest BCUT2D eigenvalue weighted by molar-refractivity contribution is 8.00. The standard InChI is InChI=1S/C13H16ClN3S/c1-9(14)11-16-10-4-3-7-15-12(10)17(11)8-13(18-2)5-6-13/h3-4,7,9H,5-6,8H2,1-2H3. The molecule has 3 nitrogen and oxygen atoms in total. The minimum Gasteiger partial charge on any atom is -0.310 e. The van der Waals surface area contributed by atoms with Crippen molar-refractivity contribution < 1.29 is 0 Å². The van der Waals surface area contributed by atoms with Gasteiger partial charge in [0.1, 0.15) is 11.3 Å². The minimum atomic E-state index is -0.0862. The first-order chi connectivity index (χ1) is 8.65. The average Bonchev–Trinajstić information content (AvgIpc) is 3.05. The third-order valence-electron chi connectivity index (χ3n) is 3.58. The van der Waals surface area contributed by atoms with Gasteiger partial charge in [0.25, 0.3) is 0 Å². The van der Waals surface area contributed by atoms with E-state index in [2.05, 4.69) is 20.8 Å². The van der Waals surface area contributed by atoms with E-state index in [0.717, 1.165) is 23.5 Å². The number of pyridine rings is 1. The molecule has 5 heteroatoms. The summed E-state index contributed by atoms with van der Waals surface area (Å²) in [5, 5.41) is -0.0862. The Morgan fingerprint density at radius 3 is 2.94 bits per heavy atom. The lowest BCUT2D eigenvalue weighted by Gasteiger charge is -2.16. The highest BCUT2D eigenvalue weighted by atomic mass is 35.5. The monoisotopic (exact) mass is 281 g/mol. The van der Waals surface area contributed by atoms with Gasteiger partial charge in [0.15, 0.2) is 5.65 Å². The van der Waals surface area contributed by atoms with Gasteiger partial charge in [-0.2, -0.15) is 11.8 Å². The van der Waals surface area contributed by atoms with E-state index in [9.17, 15) is 0 Å². The van der Waals surface area contributed by atoms with Gasteiger partial charge in [-0.15, -0.1) is 11.6 Å². The van der Waals surface area contributed by atoms with Crippen LogP contribution < -0.4 is 0 Å². The summed E-state index contributed by atoms with van der Waals surface area (Å²) in [5.74, 6) is 0.936. The number of aromatic nitrogens is 3. The minimum absolute atomic E-state index is 0.0862. The molecule has 3 rings (SSSR count). The average molecular weight is 282 g/mol. The Morgan fingerprint density at radius 1 is 1.56 bits per heavy atom. The molecule has 2 aromatic rings. The van der Waals surface area contributed by atoms with Gasteiger partial charge in [-0.3, -0.25) is 0 Å². The second-order valence-corrected chi connectivity index (χ2v) is 6.83.